The van der Waals surface area contributed by atoms with Crippen LogP contribution in [0.1, 0.15) is 34.5 Å². The highest BCUT2D eigenvalue weighted by molar-refractivity contribution is 6.04. The first-order valence-electron chi connectivity index (χ1n) is 8.63. The van der Waals surface area contributed by atoms with E-state index >= 15 is 0 Å². The van der Waals surface area contributed by atoms with E-state index < -0.39 is 5.91 Å². The number of rotatable bonds is 5. The number of pyridine rings is 2. The number of carbonyl (C=O) groups is 1. The first kappa shape index (κ1) is 18.1. The van der Waals surface area contributed by atoms with Gasteiger partial charge in [0.05, 0.1) is 31.6 Å². The maximum atomic E-state index is 12.9. The van der Waals surface area contributed by atoms with Crippen molar-refractivity contribution in [2.24, 2.45) is 0 Å². The van der Waals surface area contributed by atoms with Crippen LogP contribution in [-0.2, 0) is 11.3 Å². The smallest absolute Gasteiger partial charge is 0.263 e. The molecule has 3 rings (SSSR count). The molecular formula is C19H23N3O4. The molecule has 2 aromatic rings. The minimum atomic E-state index is -0.444. The lowest BCUT2D eigenvalue weighted by atomic mass is 10.1. The number of aryl methyl sites for hydroxylation is 2. The summed E-state index contributed by atoms with van der Waals surface area (Å²) < 4.78 is 12.3. The van der Waals surface area contributed by atoms with Crippen molar-refractivity contribution in [3.05, 3.63) is 51.6 Å². The molecule has 1 aliphatic heterocycles. The second-order valence-electron chi connectivity index (χ2n) is 6.44. The number of anilines is 1. The van der Waals surface area contributed by atoms with E-state index in [2.05, 4.69) is 10.3 Å². The van der Waals surface area contributed by atoms with Crippen LogP contribution < -0.4 is 15.6 Å². The SMILES string of the molecule is COc1ccc(NC(=O)c2c(C)cc(C)n(C[C@@H]3CCCO3)c2=O)cn1. The van der Waals surface area contributed by atoms with Gasteiger partial charge in [-0.2, -0.15) is 0 Å². The summed E-state index contributed by atoms with van der Waals surface area (Å²) in [6, 6.07) is 5.18. The molecule has 1 fully saturated rings. The van der Waals surface area contributed by atoms with Gasteiger partial charge in [0.2, 0.25) is 5.88 Å². The topological polar surface area (TPSA) is 82.5 Å². The summed E-state index contributed by atoms with van der Waals surface area (Å²) in [6.45, 7) is 4.84. The second-order valence-corrected chi connectivity index (χ2v) is 6.44. The van der Waals surface area contributed by atoms with Crippen LogP contribution >= 0.6 is 0 Å². The summed E-state index contributed by atoms with van der Waals surface area (Å²) in [4.78, 5) is 29.7. The van der Waals surface area contributed by atoms with Gasteiger partial charge in [-0.3, -0.25) is 9.59 Å². The third-order valence-corrected chi connectivity index (χ3v) is 4.55. The standard InChI is InChI=1S/C19H23N3O4/c1-12-9-13(2)22(11-15-5-4-8-26-15)19(24)17(12)18(23)21-14-6-7-16(25-3)20-10-14/h6-7,9-10,15H,4-5,8,11H2,1-3H3,(H,21,23)/t15-/m0/s1. The molecular weight excluding hydrogens is 334 g/mol. The second kappa shape index (κ2) is 7.70. The normalized spacial score (nSPS) is 16.5. The Morgan fingerprint density at radius 1 is 1.42 bits per heavy atom. The van der Waals surface area contributed by atoms with Crippen LogP contribution in [0.4, 0.5) is 5.69 Å². The lowest BCUT2D eigenvalue weighted by Crippen LogP contribution is -2.34. The van der Waals surface area contributed by atoms with E-state index in [4.69, 9.17) is 9.47 Å². The van der Waals surface area contributed by atoms with E-state index in [-0.39, 0.29) is 17.2 Å². The molecule has 138 valence electrons. The van der Waals surface area contributed by atoms with E-state index in [1.165, 1.54) is 13.3 Å². The number of aromatic nitrogens is 2. The average molecular weight is 357 g/mol. The van der Waals surface area contributed by atoms with Gasteiger partial charge < -0.3 is 19.4 Å². The Labute approximate surface area is 152 Å². The fourth-order valence-corrected chi connectivity index (χ4v) is 3.19. The van der Waals surface area contributed by atoms with Crippen LogP contribution in [0.3, 0.4) is 0 Å². The van der Waals surface area contributed by atoms with Gasteiger partial charge in [-0.25, -0.2) is 4.98 Å². The summed E-state index contributed by atoms with van der Waals surface area (Å²) in [7, 11) is 1.52. The predicted molar refractivity (Wildman–Crippen MR) is 97.9 cm³/mol. The molecule has 7 nitrogen and oxygen atoms in total. The predicted octanol–water partition coefficient (Wildman–Crippen LogP) is 2.30. The van der Waals surface area contributed by atoms with Gasteiger partial charge in [-0.1, -0.05) is 0 Å². The lowest BCUT2D eigenvalue weighted by molar-refractivity contribution is 0.0947. The maximum absolute atomic E-state index is 12.9. The van der Waals surface area contributed by atoms with Gasteiger partial charge in [0.25, 0.3) is 11.5 Å². The molecule has 0 spiro atoms. The Bertz CT molecular complexity index is 852. The highest BCUT2D eigenvalue weighted by atomic mass is 16.5. The quantitative estimate of drug-likeness (QED) is 0.888. The summed E-state index contributed by atoms with van der Waals surface area (Å²) in [5.74, 6) is 0.00833. The van der Waals surface area contributed by atoms with Crippen molar-refractivity contribution >= 4 is 11.6 Å². The number of nitrogens with zero attached hydrogens (tertiary/aromatic N) is 2. The van der Waals surface area contributed by atoms with Gasteiger partial charge in [0.15, 0.2) is 0 Å². The van der Waals surface area contributed by atoms with Gasteiger partial charge in [-0.05, 0) is 44.4 Å². The highest BCUT2D eigenvalue weighted by Crippen LogP contribution is 2.16. The number of methoxy groups -OCH3 is 1. The zero-order valence-corrected chi connectivity index (χ0v) is 15.2. The molecule has 0 radical (unpaired) electrons. The minimum Gasteiger partial charge on any atom is -0.481 e. The first-order chi connectivity index (χ1) is 12.5. The number of hydrogen-bond donors (Lipinski definition) is 1. The van der Waals surface area contributed by atoms with Crippen LogP contribution in [0.5, 0.6) is 5.88 Å². The van der Waals surface area contributed by atoms with Gasteiger partial charge in [0, 0.05) is 18.4 Å². The zero-order chi connectivity index (χ0) is 18.7. The average Bonchev–Trinajstić information content (AvgIpc) is 3.12. The molecule has 7 heteroatoms. The van der Waals surface area contributed by atoms with Crippen molar-refractivity contribution in [2.45, 2.75) is 39.3 Å². The van der Waals surface area contributed by atoms with Crippen molar-refractivity contribution < 1.29 is 14.3 Å². The van der Waals surface area contributed by atoms with E-state index in [1.807, 2.05) is 13.0 Å². The highest BCUT2D eigenvalue weighted by Gasteiger charge is 2.22. The lowest BCUT2D eigenvalue weighted by Gasteiger charge is -2.17. The van der Waals surface area contributed by atoms with Crippen LogP contribution in [0.25, 0.3) is 0 Å². The number of ether oxygens (including phenoxy) is 2. The molecule has 0 aromatic carbocycles. The molecule has 0 bridgehead atoms. The van der Waals surface area contributed by atoms with Crippen LogP contribution in [0.2, 0.25) is 0 Å². The molecule has 2 aromatic heterocycles. The molecule has 0 unspecified atom stereocenters. The molecule has 26 heavy (non-hydrogen) atoms. The fraction of sp³-hybridized carbons (Fsp3) is 0.421. The van der Waals surface area contributed by atoms with E-state index in [1.54, 1.807) is 23.6 Å². The first-order valence-corrected chi connectivity index (χ1v) is 8.63. The van der Waals surface area contributed by atoms with Gasteiger partial charge in [0.1, 0.15) is 5.56 Å². The van der Waals surface area contributed by atoms with E-state index in [0.29, 0.717) is 23.7 Å². The summed E-state index contributed by atoms with van der Waals surface area (Å²) in [5.41, 5.74) is 1.82. The number of nitrogens with one attached hydrogen (secondary N) is 1. The molecule has 0 aliphatic carbocycles. The largest absolute Gasteiger partial charge is 0.481 e. The number of carbonyl (C=O) groups excluding carboxylic acids is 1. The van der Waals surface area contributed by atoms with Crippen molar-refractivity contribution in [3.8, 4) is 5.88 Å². The fourth-order valence-electron chi connectivity index (χ4n) is 3.19. The Kier molecular flexibility index (Phi) is 5.37. The molecule has 1 atom stereocenters. The molecule has 0 saturated carbocycles. The molecule has 1 amide bonds. The third kappa shape index (κ3) is 3.77. The van der Waals surface area contributed by atoms with Gasteiger partial charge >= 0.3 is 0 Å². The molecule has 1 aliphatic rings. The molecule has 1 saturated heterocycles. The van der Waals surface area contributed by atoms with Crippen LogP contribution in [0, 0.1) is 13.8 Å². The summed E-state index contributed by atoms with van der Waals surface area (Å²) >= 11 is 0. The van der Waals surface area contributed by atoms with Gasteiger partial charge in [-0.15, -0.1) is 0 Å². The molecule has 1 N–H and O–H groups in total. The monoisotopic (exact) mass is 357 g/mol. The number of hydrogen-bond acceptors (Lipinski definition) is 5. The Morgan fingerprint density at radius 3 is 2.85 bits per heavy atom. The Morgan fingerprint density at radius 2 is 2.23 bits per heavy atom. The van der Waals surface area contributed by atoms with Crippen molar-refractivity contribution in [3.63, 3.8) is 0 Å². The van der Waals surface area contributed by atoms with Crippen LogP contribution in [-0.4, -0.2) is 35.3 Å². The minimum absolute atomic E-state index is 0.0239. The molecule has 3 heterocycles. The van der Waals surface area contributed by atoms with Crippen molar-refractivity contribution in [1.29, 1.82) is 0 Å². The number of amides is 1. The van der Waals surface area contributed by atoms with Crippen molar-refractivity contribution in [2.75, 3.05) is 19.0 Å². The summed E-state index contributed by atoms with van der Waals surface area (Å²) in [5, 5.41) is 2.73. The maximum Gasteiger partial charge on any atom is 0.263 e. The van der Waals surface area contributed by atoms with Crippen LogP contribution in [0.15, 0.2) is 29.2 Å². The Hall–Kier alpha value is -2.67. The summed E-state index contributed by atoms with van der Waals surface area (Å²) in [6.07, 6.45) is 3.45. The van der Waals surface area contributed by atoms with Crippen molar-refractivity contribution in [1.82, 2.24) is 9.55 Å². The Balaban J connectivity index is 1.87. The zero-order valence-electron chi connectivity index (χ0n) is 15.2. The van der Waals surface area contributed by atoms with E-state index in [9.17, 15) is 9.59 Å². The van der Waals surface area contributed by atoms with E-state index in [0.717, 1.165) is 25.1 Å². The third-order valence-electron chi connectivity index (χ3n) is 4.55.